The van der Waals surface area contributed by atoms with Gasteiger partial charge in [-0.25, -0.2) is 4.79 Å². The number of amides is 3. The number of nitrogens with one attached hydrogen (secondary N) is 3. The van der Waals surface area contributed by atoms with E-state index < -0.39 is 6.03 Å². The van der Waals surface area contributed by atoms with Crippen molar-refractivity contribution in [3.8, 4) is 0 Å². The van der Waals surface area contributed by atoms with E-state index in [-0.39, 0.29) is 12.5 Å². The number of piperazine rings is 1. The number of carbonyl (C=O) groups excluding carboxylic acids is 2. The van der Waals surface area contributed by atoms with Gasteiger partial charge < -0.3 is 10.6 Å². The number of carbonyl (C=O) groups is 2. The summed E-state index contributed by atoms with van der Waals surface area (Å²) in [5, 5.41) is 8.15. The van der Waals surface area contributed by atoms with Gasteiger partial charge >= 0.3 is 6.03 Å². The highest BCUT2D eigenvalue weighted by molar-refractivity contribution is 5.95. The second kappa shape index (κ2) is 7.37. The topological polar surface area (TPSA) is 76.7 Å². The molecule has 2 heterocycles. The number of urea groups is 1. The Kier molecular flexibility index (Phi) is 5.51. The van der Waals surface area contributed by atoms with E-state index in [0.29, 0.717) is 12.6 Å². The molecule has 2 saturated heterocycles. The van der Waals surface area contributed by atoms with Crippen molar-refractivity contribution in [2.45, 2.75) is 6.04 Å². The Morgan fingerprint density at radius 2 is 2.00 bits per heavy atom. The zero-order chi connectivity index (χ0) is 14.4. The minimum absolute atomic E-state index is 0.259. The van der Waals surface area contributed by atoms with E-state index in [1.165, 1.54) is 0 Å². The summed E-state index contributed by atoms with van der Waals surface area (Å²) in [5.74, 6) is -0.259. The number of rotatable bonds is 5. The first-order valence-corrected chi connectivity index (χ1v) is 7.04. The standard InChI is InChI=1S/C13H23N5O2/c1-2-3-15-13(20)16-12(19)10-17-8-11(9-17)18-6-4-14-5-7-18/h2,11,14H,1,3-10H2,(H2,15,16,19,20). The van der Waals surface area contributed by atoms with Gasteiger partial charge in [0.2, 0.25) is 5.91 Å². The van der Waals surface area contributed by atoms with Crippen molar-refractivity contribution in [3.63, 3.8) is 0 Å². The van der Waals surface area contributed by atoms with Crippen molar-refractivity contribution in [1.29, 1.82) is 0 Å². The first-order chi connectivity index (χ1) is 9.69. The minimum atomic E-state index is -0.464. The average molecular weight is 281 g/mol. The molecule has 112 valence electrons. The zero-order valence-electron chi connectivity index (χ0n) is 11.7. The average Bonchev–Trinajstić information content (AvgIpc) is 2.41. The first-order valence-electron chi connectivity index (χ1n) is 7.04. The monoisotopic (exact) mass is 281 g/mol. The van der Waals surface area contributed by atoms with Gasteiger partial charge in [-0.15, -0.1) is 6.58 Å². The van der Waals surface area contributed by atoms with Gasteiger partial charge in [0.05, 0.1) is 6.54 Å². The van der Waals surface area contributed by atoms with E-state index in [2.05, 4.69) is 32.3 Å². The van der Waals surface area contributed by atoms with Gasteiger partial charge in [-0.05, 0) is 0 Å². The van der Waals surface area contributed by atoms with Crippen molar-refractivity contribution in [3.05, 3.63) is 12.7 Å². The lowest BCUT2D eigenvalue weighted by molar-refractivity contribution is -0.123. The van der Waals surface area contributed by atoms with Crippen LogP contribution in [0.4, 0.5) is 4.79 Å². The van der Waals surface area contributed by atoms with Gasteiger partial charge in [-0.2, -0.15) is 0 Å². The molecule has 2 rings (SSSR count). The lowest BCUT2D eigenvalue weighted by Gasteiger charge is -2.46. The molecule has 0 aromatic carbocycles. The summed E-state index contributed by atoms with van der Waals surface area (Å²) in [6, 6.07) is 0.0913. The third-order valence-corrected chi connectivity index (χ3v) is 3.63. The van der Waals surface area contributed by atoms with Crippen LogP contribution in [0.1, 0.15) is 0 Å². The Labute approximate surface area is 119 Å². The van der Waals surface area contributed by atoms with Gasteiger partial charge in [0.15, 0.2) is 0 Å². The molecule has 3 N–H and O–H groups in total. The normalized spacial score (nSPS) is 21.0. The van der Waals surface area contributed by atoms with Crippen LogP contribution >= 0.6 is 0 Å². The van der Waals surface area contributed by atoms with Crippen molar-refractivity contribution in [2.24, 2.45) is 0 Å². The first kappa shape index (κ1) is 15.0. The largest absolute Gasteiger partial charge is 0.334 e. The Balaban J connectivity index is 1.60. The maximum Gasteiger partial charge on any atom is 0.321 e. The van der Waals surface area contributed by atoms with Crippen LogP contribution in [0.25, 0.3) is 0 Å². The van der Waals surface area contributed by atoms with Crippen LogP contribution in [0.15, 0.2) is 12.7 Å². The summed E-state index contributed by atoms with van der Waals surface area (Å²) in [5.41, 5.74) is 0. The molecule has 2 fully saturated rings. The third kappa shape index (κ3) is 4.29. The summed E-state index contributed by atoms with van der Waals surface area (Å²) in [6.07, 6.45) is 1.57. The minimum Gasteiger partial charge on any atom is -0.334 e. The Hall–Kier alpha value is -1.44. The van der Waals surface area contributed by atoms with Gasteiger partial charge in [0, 0.05) is 51.9 Å². The maximum absolute atomic E-state index is 11.6. The van der Waals surface area contributed by atoms with Gasteiger partial charge in [0.1, 0.15) is 0 Å². The fourth-order valence-corrected chi connectivity index (χ4v) is 2.53. The van der Waals surface area contributed by atoms with E-state index >= 15 is 0 Å². The fourth-order valence-electron chi connectivity index (χ4n) is 2.53. The summed E-state index contributed by atoms with van der Waals surface area (Å²) < 4.78 is 0. The van der Waals surface area contributed by atoms with Crippen LogP contribution in [0.3, 0.4) is 0 Å². The SMILES string of the molecule is C=CCNC(=O)NC(=O)CN1CC(N2CCNCC2)C1. The Bertz CT molecular complexity index is 362. The molecule has 7 nitrogen and oxygen atoms in total. The Morgan fingerprint density at radius 1 is 1.30 bits per heavy atom. The lowest BCUT2D eigenvalue weighted by atomic mass is 10.1. The molecular weight excluding hydrogens is 258 g/mol. The molecule has 0 bridgehead atoms. The van der Waals surface area contributed by atoms with Crippen LogP contribution in [0.2, 0.25) is 0 Å². The molecule has 0 unspecified atom stereocenters. The lowest BCUT2D eigenvalue weighted by Crippen LogP contribution is -2.64. The van der Waals surface area contributed by atoms with E-state index in [9.17, 15) is 9.59 Å². The van der Waals surface area contributed by atoms with Crippen molar-refractivity contribution < 1.29 is 9.59 Å². The number of nitrogens with zero attached hydrogens (tertiary/aromatic N) is 2. The smallest absolute Gasteiger partial charge is 0.321 e. The number of hydrogen-bond donors (Lipinski definition) is 3. The summed E-state index contributed by atoms with van der Waals surface area (Å²) in [7, 11) is 0. The Morgan fingerprint density at radius 3 is 2.65 bits per heavy atom. The highest BCUT2D eigenvalue weighted by Gasteiger charge is 2.33. The molecule has 0 saturated carbocycles. The van der Waals surface area contributed by atoms with Crippen molar-refractivity contribution in [1.82, 2.24) is 25.8 Å². The van der Waals surface area contributed by atoms with Gasteiger partial charge in [0.25, 0.3) is 0 Å². The molecule has 2 aliphatic heterocycles. The van der Waals surface area contributed by atoms with Crippen LogP contribution in [0, 0.1) is 0 Å². The van der Waals surface area contributed by atoms with E-state index in [0.717, 1.165) is 39.3 Å². The number of hydrogen-bond acceptors (Lipinski definition) is 5. The molecule has 0 aliphatic carbocycles. The molecule has 2 aliphatic rings. The predicted octanol–water partition coefficient (Wildman–Crippen LogP) is -1.41. The molecular formula is C13H23N5O2. The summed E-state index contributed by atoms with van der Waals surface area (Å²) in [4.78, 5) is 27.4. The third-order valence-electron chi connectivity index (χ3n) is 3.63. The van der Waals surface area contributed by atoms with Gasteiger partial charge in [-0.3, -0.25) is 19.9 Å². The summed E-state index contributed by atoms with van der Waals surface area (Å²) >= 11 is 0. The molecule has 0 aromatic heterocycles. The van der Waals surface area contributed by atoms with Crippen molar-refractivity contribution >= 4 is 11.9 Å². The highest BCUT2D eigenvalue weighted by atomic mass is 16.2. The number of likely N-dealkylation sites (tertiary alicyclic amines) is 1. The quantitative estimate of drug-likeness (QED) is 0.540. The zero-order valence-corrected chi connectivity index (χ0v) is 11.7. The van der Waals surface area contributed by atoms with Crippen LogP contribution in [0.5, 0.6) is 0 Å². The van der Waals surface area contributed by atoms with Crippen LogP contribution in [-0.4, -0.2) is 80.1 Å². The molecule has 3 amide bonds. The van der Waals surface area contributed by atoms with Gasteiger partial charge in [-0.1, -0.05) is 6.08 Å². The molecule has 0 radical (unpaired) electrons. The molecule has 0 atom stereocenters. The fraction of sp³-hybridized carbons (Fsp3) is 0.692. The molecule has 20 heavy (non-hydrogen) atoms. The second-order valence-electron chi connectivity index (χ2n) is 5.18. The maximum atomic E-state index is 11.6. The molecule has 7 heteroatoms. The van der Waals surface area contributed by atoms with Crippen molar-refractivity contribution in [2.75, 3.05) is 52.4 Å². The molecule has 0 aromatic rings. The van der Waals surface area contributed by atoms with E-state index in [4.69, 9.17) is 0 Å². The summed E-state index contributed by atoms with van der Waals surface area (Å²) in [6.45, 7) is 10.2. The van der Waals surface area contributed by atoms with E-state index in [1.807, 2.05) is 0 Å². The number of imide groups is 1. The van der Waals surface area contributed by atoms with Crippen LogP contribution in [-0.2, 0) is 4.79 Å². The predicted molar refractivity (Wildman–Crippen MR) is 76.4 cm³/mol. The van der Waals surface area contributed by atoms with Crippen LogP contribution < -0.4 is 16.0 Å². The van der Waals surface area contributed by atoms with E-state index in [1.54, 1.807) is 6.08 Å². The molecule has 0 spiro atoms. The highest BCUT2D eigenvalue weighted by Crippen LogP contribution is 2.14. The second-order valence-corrected chi connectivity index (χ2v) is 5.18.